The Balaban J connectivity index is 2.38. The van der Waals surface area contributed by atoms with E-state index in [-0.39, 0.29) is 20.7 Å². The van der Waals surface area contributed by atoms with Crippen molar-refractivity contribution in [2.45, 2.75) is 4.90 Å². The molecule has 0 amide bonds. The average Bonchev–Trinajstić information content (AvgIpc) is 2.33. The zero-order chi connectivity index (χ0) is 14.9. The van der Waals surface area contributed by atoms with E-state index in [4.69, 9.17) is 5.73 Å². The molecule has 2 aromatic carbocycles. The summed E-state index contributed by atoms with van der Waals surface area (Å²) in [5.74, 6) is -1.21. The molecule has 0 spiro atoms. The first kappa shape index (κ1) is 14.7. The van der Waals surface area contributed by atoms with E-state index in [0.29, 0.717) is 0 Å². The molecule has 3 N–H and O–H groups in total. The molecule has 0 heterocycles. The van der Waals surface area contributed by atoms with E-state index < -0.39 is 21.7 Å². The summed E-state index contributed by atoms with van der Waals surface area (Å²) >= 11 is 2.98. The van der Waals surface area contributed by atoms with Crippen LogP contribution in [0, 0.1) is 11.6 Å². The van der Waals surface area contributed by atoms with Crippen molar-refractivity contribution in [3.63, 3.8) is 0 Å². The van der Waals surface area contributed by atoms with Crippen LogP contribution < -0.4 is 10.5 Å². The summed E-state index contributed by atoms with van der Waals surface area (Å²) in [6.07, 6.45) is 0. The number of benzene rings is 2. The second kappa shape index (κ2) is 5.37. The predicted octanol–water partition coefficient (Wildman–Crippen LogP) is 3.11. The molecule has 20 heavy (non-hydrogen) atoms. The maximum absolute atomic E-state index is 13.0. The lowest BCUT2D eigenvalue weighted by molar-refractivity contribution is 0.598. The summed E-state index contributed by atoms with van der Waals surface area (Å²) in [6.45, 7) is 0. The van der Waals surface area contributed by atoms with Gasteiger partial charge in [0.15, 0.2) is 0 Å². The highest BCUT2D eigenvalue weighted by Crippen LogP contribution is 2.26. The lowest BCUT2D eigenvalue weighted by atomic mass is 10.3. The number of hydrogen-bond acceptors (Lipinski definition) is 3. The first-order valence-electron chi connectivity index (χ1n) is 5.32. The summed E-state index contributed by atoms with van der Waals surface area (Å²) < 4.78 is 52.6. The Morgan fingerprint density at radius 1 is 1.10 bits per heavy atom. The minimum Gasteiger partial charge on any atom is -0.396 e. The monoisotopic (exact) mass is 362 g/mol. The van der Waals surface area contributed by atoms with E-state index in [1.165, 1.54) is 6.07 Å². The van der Waals surface area contributed by atoms with E-state index in [0.717, 1.165) is 30.3 Å². The van der Waals surface area contributed by atoms with Crippen LogP contribution in [0.25, 0.3) is 0 Å². The molecule has 0 aromatic heterocycles. The fourth-order valence-corrected chi connectivity index (χ4v) is 3.61. The average molecular weight is 363 g/mol. The molecule has 0 aliphatic rings. The van der Waals surface area contributed by atoms with Gasteiger partial charge in [0, 0.05) is 4.47 Å². The summed E-state index contributed by atoms with van der Waals surface area (Å²) in [6, 6.07) is 6.62. The third kappa shape index (κ3) is 3.07. The molecule has 106 valence electrons. The van der Waals surface area contributed by atoms with Gasteiger partial charge in [-0.15, -0.1) is 0 Å². The van der Waals surface area contributed by atoms with Crippen molar-refractivity contribution >= 4 is 37.3 Å². The topological polar surface area (TPSA) is 72.2 Å². The molecule has 8 heteroatoms. The molecule has 0 bridgehead atoms. The highest BCUT2D eigenvalue weighted by molar-refractivity contribution is 9.10. The van der Waals surface area contributed by atoms with Crippen LogP contribution >= 0.6 is 15.9 Å². The van der Waals surface area contributed by atoms with E-state index in [1.54, 1.807) is 0 Å². The maximum Gasteiger partial charge on any atom is 0.263 e. The molecule has 0 atom stereocenters. The van der Waals surface area contributed by atoms with E-state index in [2.05, 4.69) is 20.7 Å². The zero-order valence-corrected chi connectivity index (χ0v) is 12.3. The minimum atomic E-state index is -3.93. The first-order valence-corrected chi connectivity index (χ1v) is 7.60. The molecule has 0 aliphatic heterocycles. The quantitative estimate of drug-likeness (QED) is 0.824. The summed E-state index contributed by atoms with van der Waals surface area (Å²) in [5.41, 5.74) is 5.29. The normalized spacial score (nSPS) is 11.3. The van der Waals surface area contributed by atoms with Gasteiger partial charge in [-0.2, -0.15) is 0 Å². The van der Waals surface area contributed by atoms with Crippen LogP contribution in [0.15, 0.2) is 45.8 Å². The number of hydrogen-bond donors (Lipinski definition) is 2. The third-order valence-corrected chi connectivity index (χ3v) is 4.79. The van der Waals surface area contributed by atoms with Gasteiger partial charge >= 0.3 is 0 Å². The molecular formula is C12H9BrF2N2O2S. The zero-order valence-electron chi connectivity index (χ0n) is 9.90. The minimum absolute atomic E-state index is 0.0834. The molecule has 0 saturated carbocycles. The maximum atomic E-state index is 13.0. The van der Waals surface area contributed by atoms with Crippen molar-refractivity contribution in [2.75, 3.05) is 10.5 Å². The van der Waals surface area contributed by atoms with E-state index >= 15 is 0 Å². The van der Waals surface area contributed by atoms with Crippen LogP contribution in [-0.4, -0.2) is 8.42 Å². The molecule has 2 aromatic rings. The molecule has 0 radical (unpaired) electrons. The summed E-state index contributed by atoms with van der Waals surface area (Å²) in [7, 11) is -3.93. The smallest absolute Gasteiger partial charge is 0.263 e. The van der Waals surface area contributed by atoms with Crippen LogP contribution in [-0.2, 0) is 10.0 Å². The van der Waals surface area contributed by atoms with Crippen molar-refractivity contribution < 1.29 is 17.2 Å². The number of nitrogens with two attached hydrogens (primary N) is 1. The number of sulfonamides is 1. The van der Waals surface area contributed by atoms with Gasteiger partial charge in [0.25, 0.3) is 10.0 Å². The largest absolute Gasteiger partial charge is 0.396 e. The van der Waals surface area contributed by atoms with Crippen LogP contribution in [0.1, 0.15) is 0 Å². The van der Waals surface area contributed by atoms with Crippen LogP contribution in [0.4, 0.5) is 20.2 Å². The van der Waals surface area contributed by atoms with Gasteiger partial charge in [-0.3, -0.25) is 4.72 Å². The summed E-state index contributed by atoms with van der Waals surface area (Å²) in [4.78, 5) is -0.137. The highest BCUT2D eigenvalue weighted by atomic mass is 79.9. The standard InChI is InChI=1S/C12H9BrF2N2O2S/c13-9-5-7(14)1-4-12(9)20(18,19)17-8-2-3-10(15)11(16)6-8/h1-6,17H,16H2. The van der Waals surface area contributed by atoms with Gasteiger partial charge in [0.1, 0.15) is 16.5 Å². The molecule has 0 saturated heterocycles. The van der Waals surface area contributed by atoms with Gasteiger partial charge < -0.3 is 5.73 Å². The highest BCUT2D eigenvalue weighted by Gasteiger charge is 2.18. The Bertz CT molecular complexity index is 766. The van der Waals surface area contributed by atoms with Crippen LogP contribution in [0.5, 0.6) is 0 Å². The fraction of sp³-hybridized carbons (Fsp3) is 0. The first-order chi connectivity index (χ1) is 9.29. The second-order valence-electron chi connectivity index (χ2n) is 3.92. The Hall–Kier alpha value is -1.67. The van der Waals surface area contributed by atoms with Crippen molar-refractivity contribution in [3.8, 4) is 0 Å². The Kier molecular flexibility index (Phi) is 3.96. The van der Waals surface area contributed by atoms with Gasteiger partial charge in [-0.25, -0.2) is 17.2 Å². The number of nitrogen functional groups attached to an aromatic ring is 1. The predicted molar refractivity (Wildman–Crippen MR) is 75.7 cm³/mol. The number of anilines is 2. The number of rotatable bonds is 3. The summed E-state index contributed by atoms with van der Waals surface area (Å²) in [5, 5.41) is 0. The lowest BCUT2D eigenvalue weighted by Crippen LogP contribution is -2.14. The van der Waals surface area contributed by atoms with Crippen LogP contribution in [0.3, 0.4) is 0 Å². The lowest BCUT2D eigenvalue weighted by Gasteiger charge is -2.10. The third-order valence-electron chi connectivity index (χ3n) is 2.43. The molecule has 2 rings (SSSR count). The molecule has 4 nitrogen and oxygen atoms in total. The van der Waals surface area contributed by atoms with Crippen LogP contribution in [0.2, 0.25) is 0 Å². The van der Waals surface area contributed by atoms with E-state index in [9.17, 15) is 17.2 Å². The number of nitrogens with one attached hydrogen (secondary N) is 1. The molecular weight excluding hydrogens is 354 g/mol. The number of halogens is 3. The SMILES string of the molecule is Nc1cc(NS(=O)(=O)c2ccc(F)cc2Br)ccc1F. The van der Waals surface area contributed by atoms with Gasteiger partial charge in [0.05, 0.1) is 11.4 Å². The van der Waals surface area contributed by atoms with Gasteiger partial charge in [0.2, 0.25) is 0 Å². The molecule has 0 unspecified atom stereocenters. The van der Waals surface area contributed by atoms with Gasteiger partial charge in [-0.1, -0.05) is 0 Å². The molecule has 0 fully saturated rings. The fourth-order valence-electron chi connectivity index (χ4n) is 1.51. The van der Waals surface area contributed by atoms with E-state index in [1.807, 2.05) is 0 Å². The van der Waals surface area contributed by atoms with Crippen molar-refractivity contribution in [1.82, 2.24) is 0 Å². The second-order valence-corrected chi connectivity index (χ2v) is 6.42. The van der Waals surface area contributed by atoms with Crippen molar-refractivity contribution in [2.24, 2.45) is 0 Å². The van der Waals surface area contributed by atoms with Crippen molar-refractivity contribution in [3.05, 3.63) is 52.5 Å². The Labute approximate surface area is 122 Å². The van der Waals surface area contributed by atoms with Crippen molar-refractivity contribution in [1.29, 1.82) is 0 Å². The Morgan fingerprint density at radius 2 is 1.80 bits per heavy atom. The Morgan fingerprint density at radius 3 is 2.40 bits per heavy atom. The molecule has 0 aliphatic carbocycles. The van der Waals surface area contributed by atoms with Gasteiger partial charge in [-0.05, 0) is 52.3 Å².